The molecule has 2 aromatic heterocycles. The average molecular weight is 499 g/mol. The molecule has 8 nitrogen and oxygen atoms in total. The predicted octanol–water partition coefficient (Wildman–Crippen LogP) is 4.56. The zero-order valence-electron chi connectivity index (χ0n) is 19.3. The maximum atomic E-state index is 11.9. The van der Waals surface area contributed by atoms with E-state index in [9.17, 15) is 4.79 Å². The van der Waals surface area contributed by atoms with E-state index in [2.05, 4.69) is 25.8 Å². The van der Waals surface area contributed by atoms with Crippen molar-refractivity contribution in [2.75, 3.05) is 18.8 Å². The molecule has 2 aliphatic rings. The van der Waals surface area contributed by atoms with Crippen molar-refractivity contribution >= 4 is 29.0 Å². The summed E-state index contributed by atoms with van der Waals surface area (Å²) >= 11 is 5.85. The monoisotopic (exact) mass is 498 g/mol. The number of nitrogens with zero attached hydrogens (tertiary/aromatic N) is 3. The molecule has 1 N–H and O–H groups in total. The summed E-state index contributed by atoms with van der Waals surface area (Å²) in [5.41, 5.74) is 4.16. The number of carbonyl (C=O) groups is 1. The number of methoxy groups -OCH3 is 1. The second-order valence-corrected chi connectivity index (χ2v) is 8.76. The SMILES string of the molecule is COC(=O)c1ccc(-n2cccc2[C@H]2[C@H](c3ccccn3)NC(=S)N2c2ccc3c(c2)OCO3)cc1. The first kappa shape index (κ1) is 22.1. The van der Waals surface area contributed by atoms with Crippen LogP contribution < -0.4 is 19.7 Å². The van der Waals surface area contributed by atoms with Crippen LogP contribution in [0.5, 0.6) is 11.5 Å². The fraction of sp³-hybridized carbons (Fsp3) is 0.148. The molecule has 0 saturated carbocycles. The third-order valence-corrected chi connectivity index (χ3v) is 6.70. The Morgan fingerprint density at radius 2 is 1.83 bits per heavy atom. The molecule has 0 bridgehead atoms. The van der Waals surface area contributed by atoms with Gasteiger partial charge >= 0.3 is 5.97 Å². The van der Waals surface area contributed by atoms with Crippen LogP contribution in [-0.2, 0) is 4.74 Å². The molecule has 9 heteroatoms. The Morgan fingerprint density at radius 1 is 1.03 bits per heavy atom. The van der Waals surface area contributed by atoms with Gasteiger partial charge in [-0.05, 0) is 72.9 Å². The maximum Gasteiger partial charge on any atom is 0.337 e. The van der Waals surface area contributed by atoms with Crippen molar-refractivity contribution in [3.8, 4) is 17.2 Å². The molecule has 2 aromatic carbocycles. The Morgan fingerprint density at radius 3 is 2.61 bits per heavy atom. The number of carbonyl (C=O) groups excluding carboxylic acids is 1. The largest absolute Gasteiger partial charge is 0.465 e. The normalized spacial score (nSPS) is 18.2. The summed E-state index contributed by atoms with van der Waals surface area (Å²) in [5.74, 6) is 1.02. The zero-order valence-corrected chi connectivity index (χ0v) is 20.1. The van der Waals surface area contributed by atoms with E-state index in [0.29, 0.717) is 22.2 Å². The van der Waals surface area contributed by atoms with E-state index >= 15 is 0 Å². The highest BCUT2D eigenvalue weighted by molar-refractivity contribution is 7.80. The molecule has 0 spiro atoms. The van der Waals surface area contributed by atoms with E-state index in [-0.39, 0.29) is 24.8 Å². The first-order valence-corrected chi connectivity index (χ1v) is 11.8. The van der Waals surface area contributed by atoms with Gasteiger partial charge < -0.3 is 29.0 Å². The Balaban J connectivity index is 1.46. The Bertz CT molecular complexity index is 1440. The summed E-state index contributed by atoms with van der Waals surface area (Å²) in [6.45, 7) is 0.200. The number of hydrogen-bond acceptors (Lipinski definition) is 6. The van der Waals surface area contributed by atoms with Gasteiger partial charge in [0.1, 0.15) is 6.04 Å². The van der Waals surface area contributed by atoms with Crippen LogP contribution in [0.2, 0.25) is 0 Å². The minimum Gasteiger partial charge on any atom is -0.465 e. The van der Waals surface area contributed by atoms with Gasteiger partial charge in [-0.25, -0.2) is 4.79 Å². The third kappa shape index (κ3) is 3.74. The summed E-state index contributed by atoms with van der Waals surface area (Å²) in [6, 6.07) is 22.7. The average Bonchev–Trinajstić information content (AvgIpc) is 3.66. The van der Waals surface area contributed by atoms with E-state index in [4.69, 9.17) is 26.4 Å². The minimum atomic E-state index is -0.371. The fourth-order valence-corrected chi connectivity index (χ4v) is 5.06. The number of esters is 1. The van der Waals surface area contributed by atoms with Gasteiger partial charge in [-0.1, -0.05) is 6.07 Å². The molecule has 2 atom stereocenters. The van der Waals surface area contributed by atoms with Crippen LogP contribution in [-0.4, -0.2) is 34.5 Å². The van der Waals surface area contributed by atoms with Crippen molar-refractivity contribution in [2.24, 2.45) is 0 Å². The standard InChI is InChI=1S/C27H22N4O4S/c1-33-26(32)17-7-9-18(10-8-17)30-14-4-6-21(30)25-24(20-5-2-3-13-28-20)29-27(36)31(25)19-11-12-22-23(15-19)35-16-34-22/h2-15,24-25H,16H2,1H3,(H,29,36)/t24-,25-/m0/s1. The maximum absolute atomic E-state index is 11.9. The topological polar surface area (TPSA) is 77.9 Å². The van der Waals surface area contributed by atoms with Crippen LogP contribution in [0.15, 0.2) is 85.2 Å². The molecule has 6 rings (SSSR count). The highest BCUT2D eigenvalue weighted by atomic mass is 32.1. The Kier molecular flexibility index (Phi) is 5.54. The summed E-state index contributed by atoms with van der Waals surface area (Å²) < 4.78 is 18.1. The highest BCUT2D eigenvalue weighted by Crippen LogP contribution is 2.44. The van der Waals surface area contributed by atoms with Gasteiger partial charge in [0.2, 0.25) is 6.79 Å². The van der Waals surface area contributed by atoms with E-state index in [1.807, 2.05) is 60.8 Å². The van der Waals surface area contributed by atoms with Crippen LogP contribution in [0.4, 0.5) is 5.69 Å². The molecular weight excluding hydrogens is 476 g/mol. The molecule has 36 heavy (non-hydrogen) atoms. The van der Waals surface area contributed by atoms with E-state index in [1.54, 1.807) is 18.3 Å². The number of thiocarbonyl (C=S) groups is 1. The summed E-state index contributed by atoms with van der Waals surface area (Å²) in [7, 11) is 1.37. The zero-order chi connectivity index (χ0) is 24.6. The molecule has 4 heterocycles. The van der Waals surface area contributed by atoms with Crippen molar-refractivity contribution in [1.82, 2.24) is 14.9 Å². The van der Waals surface area contributed by atoms with Crippen molar-refractivity contribution in [3.05, 3.63) is 102 Å². The lowest BCUT2D eigenvalue weighted by Crippen LogP contribution is -2.30. The quantitative estimate of drug-likeness (QED) is 0.317. The van der Waals surface area contributed by atoms with Crippen molar-refractivity contribution in [3.63, 3.8) is 0 Å². The molecule has 2 aliphatic heterocycles. The van der Waals surface area contributed by atoms with Crippen molar-refractivity contribution in [1.29, 1.82) is 0 Å². The molecule has 4 aromatic rings. The Labute approximate surface area is 213 Å². The number of fused-ring (bicyclic) bond motifs is 1. The van der Waals surface area contributed by atoms with Gasteiger partial charge in [-0.2, -0.15) is 0 Å². The van der Waals surface area contributed by atoms with Gasteiger partial charge in [0, 0.05) is 35.5 Å². The molecular formula is C27H22N4O4S. The number of aromatic nitrogens is 2. The molecule has 0 radical (unpaired) electrons. The van der Waals surface area contributed by atoms with Crippen LogP contribution in [0, 0.1) is 0 Å². The second-order valence-electron chi connectivity index (χ2n) is 8.38. The van der Waals surface area contributed by atoms with Crippen LogP contribution in [0.1, 0.15) is 33.8 Å². The van der Waals surface area contributed by atoms with E-state index < -0.39 is 0 Å². The number of nitrogens with one attached hydrogen (secondary N) is 1. The molecule has 1 fully saturated rings. The van der Waals surface area contributed by atoms with Gasteiger partial charge in [0.15, 0.2) is 16.6 Å². The summed E-state index contributed by atoms with van der Waals surface area (Å²) in [4.78, 5) is 18.6. The minimum absolute atomic E-state index is 0.200. The second kappa shape index (κ2) is 9.01. The lowest BCUT2D eigenvalue weighted by molar-refractivity contribution is 0.0600. The number of benzene rings is 2. The van der Waals surface area contributed by atoms with Crippen LogP contribution >= 0.6 is 12.2 Å². The van der Waals surface area contributed by atoms with Gasteiger partial charge in [-0.3, -0.25) is 4.98 Å². The third-order valence-electron chi connectivity index (χ3n) is 6.38. The lowest BCUT2D eigenvalue weighted by atomic mass is 10.0. The lowest BCUT2D eigenvalue weighted by Gasteiger charge is -2.29. The van der Waals surface area contributed by atoms with Gasteiger partial charge in [0.25, 0.3) is 0 Å². The number of anilines is 1. The van der Waals surface area contributed by atoms with Crippen LogP contribution in [0.25, 0.3) is 5.69 Å². The van der Waals surface area contributed by atoms with Gasteiger partial charge in [0.05, 0.1) is 24.4 Å². The van der Waals surface area contributed by atoms with E-state index in [0.717, 1.165) is 22.8 Å². The highest BCUT2D eigenvalue weighted by Gasteiger charge is 2.42. The summed E-state index contributed by atoms with van der Waals surface area (Å²) in [6.07, 6.45) is 3.78. The van der Waals surface area contributed by atoms with Crippen LogP contribution in [0.3, 0.4) is 0 Å². The molecule has 0 aliphatic carbocycles. The smallest absolute Gasteiger partial charge is 0.337 e. The number of ether oxygens (including phenoxy) is 3. The van der Waals surface area contributed by atoms with Crippen molar-refractivity contribution in [2.45, 2.75) is 12.1 Å². The molecule has 1 saturated heterocycles. The number of hydrogen-bond donors (Lipinski definition) is 1. The first-order valence-electron chi connectivity index (χ1n) is 11.4. The summed E-state index contributed by atoms with van der Waals surface area (Å²) in [5, 5.41) is 4.07. The predicted molar refractivity (Wildman–Crippen MR) is 138 cm³/mol. The van der Waals surface area contributed by atoms with E-state index in [1.165, 1.54) is 7.11 Å². The first-order chi connectivity index (χ1) is 17.6. The molecule has 0 unspecified atom stereocenters. The van der Waals surface area contributed by atoms with Crippen molar-refractivity contribution < 1.29 is 19.0 Å². The van der Waals surface area contributed by atoms with Gasteiger partial charge in [-0.15, -0.1) is 0 Å². The number of pyridine rings is 1. The molecule has 180 valence electrons. The fourth-order valence-electron chi connectivity index (χ4n) is 4.71. The Hall–Kier alpha value is -4.37. The molecule has 0 amide bonds. The number of rotatable bonds is 5.